The predicted molar refractivity (Wildman–Crippen MR) is 128 cm³/mol. The van der Waals surface area contributed by atoms with Crippen LogP contribution < -0.4 is 10.2 Å². The summed E-state index contributed by atoms with van der Waals surface area (Å²) in [4.78, 5) is 16.9. The number of likely N-dealkylation sites (N-methyl/N-ethyl adjacent to an activating group) is 1. The number of carbonyl (C=O) groups excluding carboxylic acids is 1. The van der Waals surface area contributed by atoms with Gasteiger partial charge in [0.2, 0.25) is 0 Å². The molecule has 14 heteroatoms. The number of alkyl halides is 6. The Morgan fingerprint density at radius 2 is 1.58 bits per heavy atom. The van der Waals surface area contributed by atoms with Crippen molar-refractivity contribution in [3.05, 3.63) is 75.4 Å². The fourth-order valence-corrected chi connectivity index (χ4v) is 4.28. The van der Waals surface area contributed by atoms with E-state index in [1.807, 2.05) is 11.9 Å². The number of nitrogens with one attached hydrogen (secondary N) is 1. The van der Waals surface area contributed by atoms with Gasteiger partial charge in [-0.15, -0.1) is 5.10 Å². The summed E-state index contributed by atoms with van der Waals surface area (Å²) in [5.41, 5.74) is -2.58. The van der Waals surface area contributed by atoms with Crippen LogP contribution in [0.4, 0.5) is 32.2 Å². The molecule has 1 N–H and O–H groups in total. The van der Waals surface area contributed by atoms with Crippen molar-refractivity contribution in [1.82, 2.24) is 25.2 Å². The molecule has 2 aromatic carbocycles. The average molecular weight is 561 g/mol. The number of anilines is 1. The van der Waals surface area contributed by atoms with Gasteiger partial charge >= 0.3 is 12.4 Å². The largest absolute Gasteiger partial charge is 0.416 e. The first kappa shape index (κ1) is 27.7. The van der Waals surface area contributed by atoms with Crippen LogP contribution >= 0.6 is 11.6 Å². The van der Waals surface area contributed by atoms with E-state index < -0.39 is 35.9 Å². The number of halogens is 7. The molecule has 1 aromatic heterocycles. The second kappa shape index (κ2) is 10.8. The Bertz CT molecular complexity index is 1270. The molecule has 1 amide bonds. The third kappa shape index (κ3) is 6.38. The van der Waals surface area contributed by atoms with Crippen LogP contribution in [0.25, 0.3) is 0 Å². The summed E-state index contributed by atoms with van der Waals surface area (Å²) in [6, 6.07) is 8.24. The van der Waals surface area contributed by atoms with E-state index in [0.29, 0.717) is 48.9 Å². The number of carbonyl (C=O) groups is 1. The summed E-state index contributed by atoms with van der Waals surface area (Å²) in [6.45, 7) is 1.76. The lowest BCUT2D eigenvalue weighted by molar-refractivity contribution is -0.143. The molecule has 0 bridgehead atoms. The molecule has 204 valence electrons. The van der Waals surface area contributed by atoms with Crippen LogP contribution in [0.2, 0.25) is 5.02 Å². The molecule has 2 heterocycles. The summed E-state index contributed by atoms with van der Waals surface area (Å²) in [5, 5.41) is 11.0. The topological polar surface area (TPSA) is 66.3 Å². The van der Waals surface area contributed by atoms with Crippen LogP contribution in [0, 0.1) is 0 Å². The van der Waals surface area contributed by atoms with Gasteiger partial charge in [0.15, 0.2) is 11.5 Å². The van der Waals surface area contributed by atoms with Gasteiger partial charge in [-0.25, -0.2) is 4.68 Å². The van der Waals surface area contributed by atoms with Crippen molar-refractivity contribution in [3.8, 4) is 0 Å². The first-order valence-electron chi connectivity index (χ1n) is 11.5. The molecule has 1 fully saturated rings. The zero-order valence-corrected chi connectivity index (χ0v) is 20.8. The Balaban J connectivity index is 1.68. The number of piperazine rings is 1. The first-order valence-corrected chi connectivity index (χ1v) is 11.9. The molecule has 0 radical (unpaired) electrons. The number of rotatable bonds is 6. The number of hydrogen-bond acceptors (Lipinski definition) is 5. The van der Waals surface area contributed by atoms with E-state index in [2.05, 4.69) is 15.6 Å². The molecular formula is C24H23ClF6N6O. The maximum absolute atomic E-state index is 13.4. The molecule has 0 atom stereocenters. The Labute approximate surface area is 219 Å². The van der Waals surface area contributed by atoms with Crippen LogP contribution in [0.3, 0.4) is 0 Å². The first-order chi connectivity index (χ1) is 17.8. The molecular weight excluding hydrogens is 538 g/mol. The van der Waals surface area contributed by atoms with Gasteiger partial charge in [-0.1, -0.05) is 35.0 Å². The molecule has 0 spiro atoms. The zero-order valence-electron chi connectivity index (χ0n) is 20.1. The van der Waals surface area contributed by atoms with Crippen molar-refractivity contribution >= 4 is 23.3 Å². The molecule has 3 aromatic rings. The van der Waals surface area contributed by atoms with E-state index in [4.69, 9.17) is 11.6 Å². The quantitative estimate of drug-likeness (QED) is 0.443. The van der Waals surface area contributed by atoms with Crippen molar-refractivity contribution in [1.29, 1.82) is 0 Å². The second-order valence-corrected chi connectivity index (χ2v) is 9.31. The van der Waals surface area contributed by atoms with Crippen LogP contribution in [0.1, 0.15) is 32.7 Å². The fraction of sp³-hybridized carbons (Fsp3) is 0.375. The lowest BCUT2D eigenvalue weighted by atomic mass is 10.0. The van der Waals surface area contributed by atoms with E-state index in [1.165, 1.54) is 0 Å². The zero-order chi connectivity index (χ0) is 27.7. The minimum absolute atomic E-state index is 0.0693. The predicted octanol–water partition coefficient (Wildman–Crippen LogP) is 4.70. The minimum Gasteiger partial charge on any atom is -0.352 e. The smallest absolute Gasteiger partial charge is 0.352 e. The summed E-state index contributed by atoms with van der Waals surface area (Å²) in [5.74, 6) is -0.397. The highest BCUT2D eigenvalue weighted by molar-refractivity contribution is 6.31. The average Bonchev–Trinajstić information content (AvgIpc) is 3.26. The summed E-state index contributed by atoms with van der Waals surface area (Å²) < 4.78 is 81.4. The molecule has 38 heavy (non-hydrogen) atoms. The van der Waals surface area contributed by atoms with Crippen molar-refractivity contribution in [3.63, 3.8) is 0 Å². The third-order valence-electron chi connectivity index (χ3n) is 6.10. The highest BCUT2D eigenvalue weighted by atomic mass is 35.5. The van der Waals surface area contributed by atoms with Crippen LogP contribution in [-0.2, 0) is 25.4 Å². The maximum Gasteiger partial charge on any atom is 0.416 e. The van der Waals surface area contributed by atoms with Gasteiger partial charge in [0.25, 0.3) is 5.91 Å². The Kier molecular flexibility index (Phi) is 7.88. The summed E-state index contributed by atoms with van der Waals surface area (Å²) in [6.07, 6.45) is -9.97. The molecule has 1 saturated heterocycles. The second-order valence-electron chi connectivity index (χ2n) is 8.90. The van der Waals surface area contributed by atoms with Gasteiger partial charge in [0.05, 0.1) is 17.7 Å². The highest BCUT2D eigenvalue weighted by Gasteiger charge is 2.37. The normalized spacial score (nSPS) is 15.1. The standard InChI is InChI=1S/C24H23ClF6N6O/c1-35-6-8-36(9-7-35)22-20(21(38)32-13-16-4-2-3-5-19(16)25)33-34-37(22)14-15-10-17(23(26,27)28)12-18(11-15)24(29,30)31/h2-5,10-12H,6-9,13-14H2,1H3,(H,32,38). The van der Waals surface area contributed by atoms with Gasteiger partial charge in [-0.3, -0.25) is 4.79 Å². The van der Waals surface area contributed by atoms with Gasteiger partial charge in [0.1, 0.15) is 0 Å². The van der Waals surface area contributed by atoms with Crippen LogP contribution in [-0.4, -0.2) is 59.0 Å². The number of nitrogens with zero attached hydrogens (tertiary/aromatic N) is 5. The fourth-order valence-electron chi connectivity index (χ4n) is 4.08. The highest BCUT2D eigenvalue weighted by Crippen LogP contribution is 2.36. The van der Waals surface area contributed by atoms with Gasteiger partial charge in [-0.2, -0.15) is 26.3 Å². The third-order valence-corrected chi connectivity index (χ3v) is 6.47. The molecule has 0 aliphatic carbocycles. The maximum atomic E-state index is 13.4. The van der Waals surface area contributed by atoms with Crippen molar-refractivity contribution in [2.45, 2.75) is 25.4 Å². The van der Waals surface area contributed by atoms with Crippen molar-refractivity contribution in [2.24, 2.45) is 0 Å². The van der Waals surface area contributed by atoms with Gasteiger partial charge in [-0.05, 0) is 42.4 Å². The molecule has 0 saturated carbocycles. The molecule has 1 aliphatic heterocycles. The van der Waals surface area contributed by atoms with Crippen LogP contribution in [0.15, 0.2) is 42.5 Å². The van der Waals surface area contributed by atoms with Crippen molar-refractivity contribution < 1.29 is 31.1 Å². The molecule has 4 rings (SSSR count). The van der Waals surface area contributed by atoms with E-state index >= 15 is 0 Å². The number of hydrogen-bond donors (Lipinski definition) is 1. The molecule has 7 nitrogen and oxygen atoms in total. The van der Waals surface area contributed by atoms with Crippen LogP contribution in [0.5, 0.6) is 0 Å². The van der Waals surface area contributed by atoms with E-state index in [-0.39, 0.29) is 29.7 Å². The Morgan fingerprint density at radius 1 is 0.974 bits per heavy atom. The Morgan fingerprint density at radius 3 is 2.16 bits per heavy atom. The lowest BCUT2D eigenvalue weighted by Gasteiger charge is -2.34. The summed E-state index contributed by atoms with van der Waals surface area (Å²) in [7, 11) is 1.91. The number of aromatic nitrogens is 3. The van der Waals surface area contributed by atoms with E-state index in [9.17, 15) is 31.1 Å². The van der Waals surface area contributed by atoms with Crippen molar-refractivity contribution in [2.75, 3.05) is 38.1 Å². The molecule has 0 unspecified atom stereocenters. The van der Waals surface area contributed by atoms with Gasteiger partial charge < -0.3 is 15.1 Å². The SMILES string of the molecule is CN1CCN(c2c(C(=O)NCc3ccccc3Cl)nnn2Cc2cc(C(F)(F)F)cc(C(F)(F)F)c2)CC1. The number of benzene rings is 2. The van der Waals surface area contributed by atoms with Gasteiger partial charge in [0, 0.05) is 37.7 Å². The van der Waals surface area contributed by atoms with E-state index in [1.54, 1.807) is 29.2 Å². The lowest BCUT2D eigenvalue weighted by Crippen LogP contribution is -2.46. The molecule has 1 aliphatic rings. The minimum atomic E-state index is -4.98. The van der Waals surface area contributed by atoms with E-state index in [0.717, 1.165) is 4.68 Å². The number of amides is 1. The Hall–Kier alpha value is -3.32. The monoisotopic (exact) mass is 560 g/mol. The summed E-state index contributed by atoms with van der Waals surface area (Å²) >= 11 is 6.15.